The van der Waals surface area contributed by atoms with E-state index in [2.05, 4.69) is 10.6 Å². The van der Waals surface area contributed by atoms with Gasteiger partial charge < -0.3 is 10.6 Å². The zero-order valence-electron chi connectivity index (χ0n) is 13.3. The Kier molecular flexibility index (Phi) is 10.5. The molecule has 0 saturated heterocycles. The molecule has 0 heterocycles. The fourth-order valence-corrected chi connectivity index (χ4v) is 1.46. The van der Waals surface area contributed by atoms with Crippen LogP contribution in [-0.2, 0) is 9.59 Å². The van der Waals surface area contributed by atoms with Gasteiger partial charge >= 0.3 is 0 Å². The van der Waals surface area contributed by atoms with Crippen LogP contribution in [0.2, 0.25) is 0 Å². The molecular formula is C17H26N2O2. The lowest BCUT2D eigenvalue weighted by Gasteiger charge is -2.21. The first-order valence-electron chi connectivity index (χ1n) is 7.18. The second-order valence-corrected chi connectivity index (χ2v) is 4.87. The lowest BCUT2D eigenvalue weighted by atomic mass is 10.0. The number of carbonyl (C=O) groups excluding carboxylic acids is 2. The summed E-state index contributed by atoms with van der Waals surface area (Å²) in [6.07, 6.45) is 13.6. The normalized spacial score (nSPS) is 13.8. The van der Waals surface area contributed by atoms with Crippen molar-refractivity contribution in [2.75, 3.05) is 6.54 Å². The van der Waals surface area contributed by atoms with Crippen LogP contribution in [0.4, 0.5) is 0 Å². The first kappa shape index (κ1) is 18.9. The molecule has 4 heteroatoms. The van der Waals surface area contributed by atoms with Crippen LogP contribution < -0.4 is 10.6 Å². The molecule has 4 nitrogen and oxygen atoms in total. The molecule has 1 unspecified atom stereocenters. The lowest BCUT2D eigenvalue weighted by Crippen LogP contribution is -2.45. The molecule has 0 aromatic heterocycles. The Morgan fingerprint density at radius 1 is 0.905 bits per heavy atom. The third kappa shape index (κ3) is 10.4. The maximum atomic E-state index is 11.7. The average molecular weight is 290 g/mol. The maximum Gasteiger partial charge on any atom is 0.244 e. The Morgan fingerprint density at radius 3 is 1.90 bits per heavy atom. The standard InChI is InChI=1S/C17H26N2O2/c1-5-7-9-11-16(20)18-13-15(14(3)4)19-17(21)12-10-8-6-2/h5-12,14-15H,13H2,1-4H3,(H,18,20)(H,19,21)/b7-5?,8-6?,11-9?,12-10+. The van der Waals surface area contributed by atoms with Crippen molar-refractivity contribution in [1.29, 1.82) is 0 Å². The molecule has 0 spiro atoms. The zero-order valence-corrected chi connectivity index (χ0v) is 13.3. The van der Waals surface area contributed by atoms with Gasteiger partial charge in [0.15, 0.2) is 0 Å². The topological polar surface area (TPSA) is 58.2 Å². The van der Waals surface area contributed by atoms with E-state index in [1.165, 1.54) is 12.2 Å². The summed E-state index contributed by atoms with van der Waals surface area (Å²) < 4.78 is 0. The van der Waals surface area contributed by atoms with Gasteiger partial charge in [0.2, 0.25) is 11.8 Å². The van der Waals surface area contributed by atoms with Crippen molar-refractivity contribution in [1.82, 2.24) is 10.6 Å². The maximum absolute atomic E-state index is 11.7. The SMILES string of the molecule is CC=CC=CC(=O)NCC(NC(=O)/C=C/C=CC)C(C)C. The molecule has 2 N–H and O–H groups in total. The predicted molar refractivity (Wildman–Crippen MR) is 87.7 cm³/mol. The van der Waals surface area contributed by atoms with E-state index in [0.717, 1.165) is 0 Å². The quantitative estimate of drug-likeness (QED) is 0.533. The van der Waals surface area contributed by atoms with Gasteiger partial charge in [0.05, 0.1) is 0 Å². The number of rotatable bonds is 8. The van der Waals surface area contributed by atoms with Crippen molar-refractivity contribution in [3.05, 3.63) is 48.6 Å². The van der Waals surface area contributed by atoms with Crippen molar-refractivity contribution < 1.29 is 9.59 Å². The number of nitrogens with one attached hydrogen (secondary N) is 2. The highest BCUT2D eigenvalue weighted by molar-refractivity contribution is 5.89. The van der Waals surface area contributed by atoms with Crippen LogP contribution in [0.1, 0.15) is 27.7 Å². The molecule has 0 rings (SSSR count). The van der Waals surface area contributed by atoms with Gasteiger partial charge in [0, 0.05) is 24.7 Å². The molecular weight excluding hydrogens is 264 g/mol. The first-order valence-corrected chi connectivity index (χ1v) is 7.18. The highest BCUT2D eigenvalue weighted by atomic mass is 16.2. The lowest BCUT2D eigenvalue weighted by molar-refractivity contribution is -0.119. The van der Waals surface area contributed by atoms with Crippen LogP contribution in [-0.4, -0.2) is 24.4 Å². The second kappa shape index (κ2) is 11.7. The van der Waals surface area contributed by atoms with E-state index in [0.29, 0.717) is 6.54 Å². The summed E-state index contributed by atoms with van der Waals surface area (Å²) in [6, 6.07) is -0.105. The number of amides is 2. The molecule has 0 aliphatic heterocycles. The summed E-state index contributed by atoms with van der Waals surface area (Å²) in [5.41, 5.74) is 0. The van der Waals surface area contributed by atoms with Gasteiger partial charge in [-0.2, -0.15) is 0 Å². The molecule has 116 valence electrons. The van der Waals surface area contributed by atoms with Gasteiger partial charge in [-0.15, -0.1) is 0 Å². The van der Waals surface area contributed by atoms with Crippen LogP contribution in [0.25, 0.3) is 0 Å². The minimum absolute atomic E-state index is 0.105. The third-order valence-electron chi connectivity index (χ3n) is 2.73. The Labute approximate surface area is 127 Å². The van der Waals surface area contributed by atoms with E-state index in [1.807, 2.05) is 39.8 Å². The largest absolute Gasteiger partial charge is 0.350 e. The molecule has 0 aromatic rings. The van der Waals surface area contributed by atoms with Crippen molar-refractivity contribution in [2.24, 2.45) is 5.92 Å². The van der Waals surface area contributed by atoms with Crippen LogP contribution in [0.3, 0.4) is 0 Å². The van der Waals surface area contributed by atoms with Crippen LogP contribution in [0.15, 0.2) is 48.6 Å². The third-order valence-corrected chi connectivity index (χ3v) is 2.73. The molecule has 0 radical (unpaired) electrons. The fourth-order valence-electron chi connectivity index (χ4n) is 1.46. The van der Waals surface area contributed by atoms with E-state index in [1.54, 1.807) is 24.3 Å². The Morgan fingerprint density at radius 2 is 1.43 bits per heavy atom. The molecule has 1 atom stereocenters. The van der Waals surface area contributed by atoms with E-state index < -0.39 is 0 Å². The summed E-state index contributed by atoms with van der Waals surface area (Å²) in [6.45, 7) is 8.18. The van der Waals surface area contributed by atoms with Crippen LogP contribution in [0, 0.1) is 5.92 Å². The predicted octanol–water partition coefficient (Wildman–Crippen LogP) is 2.51. The Hall–Kier alpha value is -2.10. The number of carbonyl (C=O) groups is 2. The number of hydrogen-bond donors (Lipinski definition) is 2. The summed E-state index contributed by atoms with van der Waals surface area (Å²) in [5.74, 6) is -0.105. The number of hydrogen-bond acceptors (Lipinski definition) is 2. The Bertz CT molecular complexity index is 432. The number of allylic oxidation sites excluding steroid dienone is 6. The Balaban J connectivity index is 4.37. The monoisotopic (exact) mass is 290 g/mol. The molecule has 0 fully saturated rings. The average Bonchev–Trinajstić information content (AvgIpc) is 2.43. The molecule has 0 aliphatic carbocycles. The van der Waals surface area contributed by atoms with Crippen molar-refractivity contribution in [2.45, 2.75) is 33.7 Å². The minimum Gasteiger partial charge on any atom is -0.350 e. The highest BCUT2D eigenvalue weighted by Crippen LogP contribution is 2.00. The summed E-state index contributed by atoms with van der Waals surface area (Å²) in [5, 5.41) is 5.67. The molecule has 21 heavy (non-hydrogen) atoms. The summed E-state index contributed by atoms with van der Waals surface area (Å²) in [4.78, 5) is 23.3. The van der Waals surface area contributed by atoms with Crippen molar-refractivity contribution in [3.8, 4) is 0 Å². The molecule has 0 saturated carbocycles. The molecule has 0 aromatic carbocycles. The van der Waals surface area contributed by atoms with E-state index in [9.17, 15) is 9.59 Å². The van der Waals surface area contributed by atoms with Crippen molar-refractivity contribution >= 4 is 11.8 Å². The van der Waals surface area contributed by atoms with Gasteiger partial charge in [-0.25, -0.2) is 0 Å². The minimum atomic E-state index is -0.169. The molecule has 0 bridgehead atoms. The fraction of sp³-hybridized carbons (Fsp3) is 0.412. The van der Waals surface area contributed by atoms with E-state index in [4.69, 9.17) is 0 Å². The van der Waals surface area contributed by atoms with Crippen LogP contribution in [0.5, 0.6) is 0 Å². The van der Waals surface area contributed by atoms with Crippen molar-refractivity contribution in [3.63, 3.8) is 0 Å². The van der Waals surface area contributed by atoms with Gasteiger partial charge in [0.25, 0.3) is 0 Å². The van der Waals surface area contributed by atoms with Gasteiger partial charge in [-0.3, -0.25) is 9.59 Å². The van der Waals surface area contributed by atoms with E-state index >= 15 is 0 Å². The second-order valence-electron chi connectivity index (χ2n) is 4.87. The zero-order chi connectivity index (χ0) is 16.1. The summed E-state index contributed by atoms with van der Waals surface area (Å²) >= 11 is 0. The smallest absolute Gasteiger partial charge is 0.244 e. The molecule has 2 amide bonds. The summed E-state index contributed by atoms with van der Waals surface area (Å²) in [7, 11) is 0. The van der Waals surface area contributed by atoms with Gasteiger partial charge in [0.1, 0.15) is 0 Å². The van der Waals surface area contributed by atoms with Gasteiger partial charge in [-0.05, 0) is 19.8 Å². The van der Waals surface area contributed by atoms with E-state index in [-0.39, 0.29) is 23.8 Å². The van der Waals surface area contributed by atoms with Crippen LogP contribution >= 0.6 is 0 Å². The first-order chi connectivity index (χ1) is 10.0. The molecule has 0 aliphatic rings. The van der Waals surface area contributed by atoms with Gasteiger partial charge in [-0.1, -0.05) is 50.3 Å². The highest BCUT2D eigenvalue weighted by Gasteiger charge is 2.15.